The molecule has 0 aromatic heterocycles. The molecule has 65 heavy (non-hydrogen) atoms. The van der Waals surface area contributed by atoms with E-state index in [1.165, 1.54) is 56.7 Å². The van der Waals surface area contributed by atoms with Crippen LogP contribution in [0.15, 0.2) is 89.9 Å². The van der Waals surface area contributed by atoms with E-state index >= 15 is 4.79 Å². The van der Waals surface area contributed by atoms with Crippen LogP contribution in [0.25, 0.3) is 0 Å². The van der Waals surface area contributed by atoms with Crippen molar-refractivity contribution in [2.45, 2.75) is 86.0 Å². The van der Waals surface area contributed by atoms with Crippen molar-refractivity contribution in [1.29, 1.82) is 0 Å². The number of nitro groups is 2. The summed E-state index contributed by atoms with van der Waals surface area (Å²) in [6.07, 6.45) is 7.85. The van der Waals surface area contributed by atoms with Crippen LogP contribution in [-0.4, -0.2) is 104 Å². The zero-order valence-corrected chi connectivity index (χ0v) is 35.6. The van der Waals surface area contributed by atoms with Crippen molar-refractivity contribution in [1.82, 2.24) is 15.1 Å². The maximum atomic E-state index is 15.7. The van der Waals surface area contributed by atoms with E-state index in [2.05, 4.69) is 10.6 Å². The van der Waals surface area contributed by atoms with Crippen LogP contribution in [0.2, 0.25) is 0 Å². The summed E-state index contributed by atoms with van der Waals surface area (Å²) < 4.78 is 10.9. The Balaban J connectivity index is 1.18. The lowest BCUT2D eigenvalue weighted by Crippen LogP contribution is -2.59. The zero-order chi connectivity index (χ0) is 45.7. The number of aliphatic hydroxyl groups is 1. The third-order valence-corrected chi connectivity index (χ3v) is 15.3. The molecule has 3 aromatic carbocycles. The molecule has 2 spiro atoms. The minimum absolute atomic E-state index is 0.0748. The Morgan fingerprint density at radius 3 is 2.22 bits per heavy atom. The lowest BCUT2D eigenvalue weighted by atomic mass is 9.68. The summed E-state index contributed by atoms with van der Waals surface area (Å²) >= 11 is 0. The minimum Gasteiger partial charge on any atom is -0.512 e. The van der Waals surface area contributed by atoms with Gasteiger partial charge in [-0.1, -0.05) is 25.0 Å². The maximum absolute atomic E-state index is 15.7. The smallest absolute Gasteiger partial charge is 0.269 e. The van der Waals surface area contributed by atoms with Gasteiger partial charge in [-0.3, -0.25) is 44.4 Å². The number of aliphatic hydroxyl groups excluding tert-OH is 1. The lowest BCUT2D eigenvalue weighted by Gasteiger charge is -2.43. The van der Waals surface area contributed by atoms with Gasteiger partial charge in [-0.05, 0) is 98.0 Å². The predicted molar refractivity (Wildman–Crippen MR) is 232 cm³/mol. The number of nitro benzene ring substituents is 1. The number of nitrogens with one attached hydrogen (secondary N) is 2. The van der Waals surface area contributed by atoms with Crippen molar-refractivity contribution in [3.8, 4) is 23.0 Å². The first-order valence-electron chi connectivity index (χ1n) is 22.0. The molecule has 5 N–H and O–H groups in total. The van der Waals surface area contributed by atoms with Crippen LogP contribution in [0, 0.1) is 32.1 Å². The van der Waals surface area contributed by atoms with E-state index in [9.17, 15) is 45.1 Å². The molecule has 6 aliphatic heterocycles. The Morgan fingerprint density at radius 2 is 1.52 bits per heavy atom. The van der Waals surface area contributed by atoms with Gasteiger partial charge in [0.25, 0.3) is 5.69 Å². The van der Waals surface area contributed by atoms with Crippen molar-refractivity contribution in [2.75, 3.05) is 32.6 Å². The molecule has 9 atom stereocenters. The van der Waals surface area contributed by atoms with Gasteiger partial charge in [0.15, 0.2) is 28.8 Å². The first kappa shape index (κ1) is 42.2. The second-order valence-electron chi connectivity index (χ2n) is 18.1. The number of hydrogen-bond acceptors (Lipinski definition) is 14. The number of ketones is 1. The van der Waals surface area contributed by atoms with Gasteiger partial charge < -0.3 is 35.4 Å². The Labute approximate surface area is 372 Å². The number of hydrogen-bond donors (Lipinski definition) is 5. The first-order chi connectivity index (χ1) is 31.3. The Kier molecular flexibility index (Phi) is 10.0. The summed E-state index contributed by atoms with van der Waals surface area (Å²) in [4.78, 5) is 73.3. The second kappa shape index (κ2) is 15.4. The van der Waals surface area contributed by atoms with Crippen molar-refractivity contribution >= 4 is 29.0 Å². The standard InChI is InChI=1S/C47H48N6O12/c1-64-38-16-10-24(19-35(38)55)40-32-7-3-5-17-50(32)47(29-22-27(53(62)63)12-14-31(29)49-45(47)59)43(40)37(57)23-36(56)41-33-8-4-6-18-51(33)46(42(41)25-9-15-34(54)39(20-25)65-2)28-21-26(52(60)61)11-13-30(28)48-44(46)58/h9-16,19-21,23,27,32-33,40-43,54-55,57H,3-8,17-18,22H2,1-2H3,(H,48,58)(H,49,59)/b37-23-. The highest BCUT2D eigenvalue weighted by molar-refractivity contribution is 6.09. The molecule has 4 saturated heterocycles. The fourth-order valence-electron chi connectivity index (χ4n) is 12.9. The summed E-state index contributed by atoms with van der Waals surface area (Å²) in [6.45, 7) is 0.769. The molecule has 10 rings (SSSR count). The quantitative estimate of drug-likeness (QED) is 0.0777. The molecule has 0 bridgehead atoms. The highest BCUT2D eigenvalue weighted by Gasteiger charge is 2.71. The zero-order valence-electron chi connectivity index (χ0n) is 35.6. The van der Waals surface area contributed by atoms with Gasteiger partial charge in [0, 0.05) is 76.3 Å². The molecule has 9 unspecified atom stereocenters. The Bertz CT molecular complexity index is 2680. The molecule has 18 nitrogen and oxygen atoms in total. The molecule has 7 aliphatic rings. The van der Waals surface area contributed by atoms with Crippen LogP contribution >= 0.6 is 0 Å². The van der Waals surface area contributed by atoms with Crippen LogP contribution in [0.3, 0.4) is 0 Å². The number of aromatic hydroxyl groups is 2. The van der Waals surface area contributed by atoms with Gasteiger partial charge >= 0.3 is 0 Å². The number of allylic oxidation sites excluding steroid dienone is 2. The summed E-state index contributed by atoms with van der Waals surface area (Å²) in [5.41, 5.74) is -1.09. The van der Waals surface area contributed by atoms with E-state index in [1.807, 2.05) is 9.80 Å². The Morgan fingerprint density at radius 1 is 0.831 bits per heavy atom. The minimum atomic E-state index is -1.68. The summed E-state index contributed by atoms with van der Waals surface area (Å²) in [5, 5.41) is 65.5. The average molecular weight is 889 g/mol. The normalized spacial score (nSPS) is 31.6. The number of fused-ring (bicyclic) bond motifs is 7. The number of anilines is 1. The van der Waals surface area contributed by atoms with Crippen molar-refractivity contribution < 1.29 is 49.0 Å². The van der Waals surface area contributed by atoms with E-state index in [-0.39, 0.29) is 35.1 Å². The number of non-ortho nitro benzene ring substituents is 1. The SMILES string of the molecule is COc1ccc(C2C3CCCCN3C3(C(=O)NC4=C3CC([N+](=O)[O-])C=C4)C2/C(O)=C/C(=O)C2C3CCCCN3C3(C(=O)Nc4ccc([N+](=O)[O-])cc43)C2c2ccc(O)c(OC)c2)cc1O. The molecule has 2 amide bonds. The fourth-order valence-corrected chi connectivity index (χ4v) is 12.9. The summed E-state index contributed by atoms with van der Waals surface area (Å²) in [7, 11) is 2.79. The molecule has 0 saturated carbocycles. The van der Waals surface area contributed by atoms with Gasteiger partial charge in [0.2, 0.25) is 17.9 Å². The molecule has 1 aliphatic carbocycles. The van der Waals surface area contributed by atoms with E-state index in [0.717, 1.165) is 12.5 Å². The van der Waals surface area contributed by atoms with Crippen LogP contribution in [0.4, 0.5) is 11.4 Å². The van der Waals surface area contributed by atoms with E-state index in [0.29, 0.717) is 78.8 Å². The number of methoxy groups -OCH3 is 2. The topological polar surface area (TPSA) is 247 Å². The monoisotopic (exact) mass is 888 g/mol. The highest BCUT2D eigenvalue weighted by atomic mass is 16.6. The molecular weight excluding hydrogens is 841 g/mol. The van der Waals surface area contributed by atoms with Crippen molar-refractivity contribution in [2.24, 2.45) is 11.8 Å². The van der Waals surface area contributed by atoms with E-state index in [4.69, 9.17) is 9.47 Å². The summed E-state index contributed by atoms with van der Waals surface area (Å²) in [6, 6.07) is 11.4. The maximum Gasteiger partial charge on any atom is 0.269 e. The lowest BCUT2D eigenvalue weighted by molar-refractivity contribution is -0.509. The number of amides is 2. The van der Waals surface area contributed by atoms with Gasteiger partial charge in [-0.25, -0.2) is 0 Å². The molecule has 4 fully saturated rings. The summed E-state index contributed by atoms with van der Waals surface area (Å²) in [5.74, 6) is -6.12. The predicted octanol–water partition coefficient (Wildman–Crippen LogP) is 5.45. The number of piperidine rings is 2. The molecular formula is C47H48N6O12. The molecule has 0 radical (unpaired) electrons. The van der Waals surface area contributed by atoms with Gasteiger partial charge in [-0.2, -0.15) is 0 Å². The van der Waals surface area contributed by atoms with E-state index in [1.54, 1.807) is 24.3 Å². The van der Waals surface area contributed by atoms with Gasteiger partial charge in [-0.15, -0.1) is 0 Å². The molecule has 6 heterocycles. The molecule has 3 aromatic rings. The van der Waals surface area contributed by atoms with Crippen LogP contribution in [-0.2, 0) is 19.9 Å². The fraction of sp³-hybridized carbons (Fsp3) is 0.426. The average Bonchev–Trinajstić information content (AvgIpc) is 3.98. The third kappa shape index (κ3) is 5.95. The van der Waals surface area contributed by atoms with Crippen molar-refractivity contribution in [3.05, 3.63) is 127 Å². The van der Waals surface area contributed by atoms with Crippen LogP contribution < -0.4 is 20.1 Å². The molecule has 338 valence electrons. The van der Waals surface area contributed by atoms with Gasteiger partial charge in [0.1, 0.15) is 16.8 Å². The third-order valence-electron chi connectivity index (χ3n) is 15.3. The number of nitrogens with zero attached hydrogens (tertiary/aromatic N) is 4. The van der Waals surface area contributed by atoms with Gasteiger partial charge in [0.05, 0.1) is 25.1 Å². The molecule has 18 heteroatoms. The van der Waals surface area contributed by atoms with Crippen molar-refractivity contribution in [3.63, 3.8) is 0 Å². The number of carbonyl (C=O) groups excluding carboxylic acids is 3. The second-order valence-corrected chi connectivity index (χ2v) is 18.1. The van der Waals surface area contributed by atoms with Crippen LogP contribution in [0.1, 0.15) is 73.5 Å². The van der Waals surface area contributed by atoms with Crippen LogP contribution in [0.5, 0.6) is 23.0 Å². The number of rotatable bonds is 9. The number of carbonyl (C=O) groups is 3. The van der Waals surface area contributed by atoms with E-state index < -0.39 is 86.1 Å². The number of phenolic OH excluding ortho intramolecular Hbond substituents is 2. The Hall–Kier alpha value is -6.79. The number of benzene rings is 3. The largest absolute Gasteiger partial charge is 0.512 e. The first-order valence-corrected chi connectivity index (χ1v) is 22.0. The number of phenols is 2. The number of ether oxygens (including phenoxy) is 2. The highest BCUT2D eigenvalue weighted by Crippen LogP contribution is 2.63.